The maximum atomic E-state index is 6.30. The van der Waals surface area contributed by atoms with E-state index in [1.54, 1.807) is 0 Å². The van der Waals surface area contributed by atoms with Gasteiger partial charge in [-0.25, -0.2) is 0 Å². The lowest BCUT2D eigenvalue weighted by Crippen LogP contribution is -2.62. The molecule has 118 valence electrons. The van der Waals surface area contributed by atoms with E-state index in [-0.39, 0.29) is 5.54 Å². The summed E-state index contributed by atoms with van der Waals surface area (Å²) in [6, 6.07) is 1.45. The van der Waals surface area contributed by atoms with Gasteiger partial charge in [-0.15, -0.1) is 0 Å². The van der Waals surface area contributed by atoms with Gasteiger partial charge in [0.05, 0.1) is 0 Å². The summed E-state index contributed by atoms with van der Waals surface area (Å²) in [7, 11) is 0. The van der Waals surface area contributed by atoms with Crippen LogP contribution in [0.25, 0.3) is 0 Å². The SMILES string of the molecule is CCC1CCCCCN1C1(CN)CCN(C(C)C)CC1. The highest BCUT2D eigenvalue weighted by Crippen LogP contribution is 2.34. The van der Waals surface area contributed by atoms with E-state index in [4.69, 9.17) is 5.73 Å². The van der Waals surface area contributed by atoms with Crippen LogP contribution in [0.2, 0.25) is 0 Å². The third-order valence-electron chi connectivity index (χ3n) is 5.80. The molecular weight excluding hydrogens is 246 g/mol. The molecule has 20 heavy (non-hydrogen) atoms. The lowest BCUT2D eigenvalue weighted by molar-refractivity contribution is -0.00942. The second kappa shape index (κ2) is 7.24. The second-order valence-electron chi connectivity index (χ2n) is 7.16. The van der Waals surface area contributed by atoms with E-state index < -0.39 is 0 Å². The zero-order valence-corrected chi connectivity index (χ0v) is 13.9. The highest BCUT2D eigenvalue weighted by molar-refractivity contribution is 4.99. The Morgan fingerprint density at radius 2 is 1.80 bits per heavy atom. The predicted octanol–water partition coefficient (Wildman–Crippen LogP) is 2.84. The molecule has 3 heteroatoms. The number of nitrogens with zero attached hydrogens (tertiary/aromatic N) is 2. The van der Waals surface area contributed by atoms with Gasteiger partial charge in [0.2, 0.25) is 0 Å². The van der Waals surface area contributed by atoms with E-state index in [0.717, 1.165) is 12.6 Å². The molecule has 0 amide bonds. The van der Waals surface area contributed by atoms with Gasteiger partial charge in [-0.05, 0) is 52.5 Å². The molecule has 0 spiro atoms. The van der Waals surface area contributed by atoms with Crippen LogP contribution in [0.3, 0.4) is 0 Å². The minimum Gasteiger partial charge on any atom is -0.329 e. The molecule has 3 nitrogen and oxygen atoms in total. The quantitative estimate of drug-likeness (QED) is 0.860. The van der Waals surface area contributed by atoms with Crippen LogP contribution in [0, 0.1) is 0 Å². The fraction of sp³-hybridized carbons (Fsp3) is 1.00. The summed E-state index contributed by atoms with van der Waals surface area (Å²) in [4.78, 5) is 5.45. The summed E-state index contributed by atoms with van der Waals surface area (Å²) in [5, 5.41) is 0. The van der Waals surface area contributed by atoms with E-state index >= 15 is 0 Å². The minimum atomic E-state index is 0.288. The highest BCUT2D eigenvalue weighted by atomic mass is 15.3. The standard InChI is InChI=1S/C17H35N3/c1-4-16-8-6-5-7-11-20(16)17(14-18)9-12-19(13-10-17)15(2)3/h15-16H,4-14,18H2,1-3H3. The van der Waals surface area contributed by atoms with Gasteiger partial charge in [-0.2, -0.15) is 0 Å². The molecule has 2 N–H and O–H groups in total. The molecule has 2 aliphatic heterocycles. The minimum absolute atomic E-state index is 0.288. The van der Waals surface area contributed by atoms with E-state index in [1.807, 2.05) is 0 Å². The summed E-state index contributed by atoms with van der Waals surface area (Å²) in [6.45, 7) is 11.6. The number of likely N-dealkylation sites (tertiary alicyclic amines) is 2. The summed E-state index contributed by atoms with van der Waals surface area (Å²) >= 11 is 0. The first-order valence-electron chi connectivity index (χ1n) is 8.84. The Hall–Kier alpha value is -0.120. The van der Waals surface area contributed by atoms with E-state index in [2.05, 4.69) is 30.6 Å². The molecule has 0 aromatic carbocycles. The van der Waals surface area contributed by atoms with Crippen LogP contribution < -0.4 is 5.73 Å². The van der Waals surface area contributed by atoms with Crippen LogP contribution in [-0.4, -0.2) is 53.6 Å². The number of hydrogen-bond acceptors (Lipinski definition) is 3. The normalized spacial score (nSPS) is 29.6. The molecule has 2 saturated heterocycles. The van der Waals surface area contributed by atoms with Gasteiger partial charge in [0.15, 0.2) is 0 Å². The number of piperidine rings is 1. The fourth-order valence-electron chi connectivity index (χ4n) is 4.29. The Morgan fingerprint density at radius 3 is 2.35 bits per heavy atom. The maximum absolute atomic E-state index is 6.30. The van der Waals surface area contributed by atoms with Crippen molar-refractivity contribution in [1.29, 1.82) is 0 Å². The maximum Gasteiger partial charge on any atom is 0.0358 e. The Labute approximate surface area is 125 Å². The molecule has 1 unspecified atom stereocenters. The first kappa shape index (κ1) is 16.3. The number of hydrogen-bond donors (Lipinski definition) is 1. The van der Waals surface area contributed by atoms with E-state index in [0.29, 0.717) is 6.04 Å². The number of nitrogens with two attached hydrogens (primary N) is 1. The summed E-state index contributed by atoms with van der Waals surface area (Å²) in [5.41, 5.74) is 6.59. The van der Waals surface area contributed by atoms with Crippen molar-refractivity contribution in [2.24, 2.45) is 5.73 Å². The largest absolute Gasteiger partial charge is 0.329 e. The van der Waals surface area contributed by atoms with Gasteiger partial charge in [-0.1, -0.05) is 19.8 Å². The lowest BCUT2D eigenvalue weighted by atomic mass is 9.83. The summed E-state index contributed by atoms with van der Waals surface area (Å²) in [6.07, 6.45) is 9.38. The van der Waals surface area contributed by atoms with Gasteiger partial charge in [0.1, 0.15) is 0 Å². The number of rotatable bonds is 4. The Bertz CT molecular complexity index is 282. The van der Waals surface area contributed by atoms with Crippen LogP contribution in [0.15, 0.2) is 0 Å². The van der Waals surface area contributed by atoms with Crippen LogP contribution >= 0.6 is 0 Å². The molecule has 0 aromatic rings. The molecule has 2 fully saturated rings. The molecule has 0 radical (unpaired) electrons. The van der Waals surface area contributed by atoms with Crippen molar-refractivity contribution in [2.45, 2.75) is 83.3 Å². The van der Waals surface area contributed by atoms with Gasteiger partial charge < -0.3 is 10.6 Å². The van der Waals surface area contributed by atoms with Gasteiger partial charge in [-0.3, -0.25) is 4.90 Å². The van der Waals surface area contributed by atoms with Crippen molar-refractivity contribution in [2.75, 3.05) is 26.2 Å². The van der Waals surface area contributed by atoms with Crippen molar-refractivity contribution in [3.8, 4) is 0 Å². The van der Waals surface area contributed by atoms with E-state index in [1.165, 1.54) is 64.6 Å². The van der Waals surface area contributed by atoms with Crippen LogP contribution in [0.5, 0.6) is 0 Å². The molecule has 0 saturated carbocycles. The van der Waals surface area contributed by atoms with Gasteiger partial charge >= 0.3 is 0 Å². The molecule has 2 rings (SSSR count). The first-order valence-corrected chi connectivity index (χ1v) is 8.84. The van der Waals surface area contributed by atoms with Crippen LogP contribution in [0.4, 0.5) is 0 Å². The molecule has 1 atom stereocenters. The van der Waals surface area contributed by atoms with Crippen molar-refractivity contribution in [3.63, 3.8) is 0 Å². The summed E-state index contributed by atoms with van der Waals surface area (Å²) in [5.74, 6) is 0. The first-order chi connectivity index (χ1) is 9.63. The van der Waals surface area contributed by atoms with E-state index in [9.17, 15) is 0 Å². The third-order valence-corrected chi connectivity index (χ3v) is 5.80. The molecule has 0 bridgehead atoms. The molecular formula is C17H35N3. The van der Waals surface area contributed by atoms with Crippen molar-refractivity contribution < 1.29 is 0 Å². The molecule has 2 heterocycles. The van der Waals surface area contributed by atoms with Gasteiger partial charge in [0.25, 0.3) is 0 Å². The van der Waals surface area contributed by atoms with Crippen molar-refractivity contribution in [3.05, 3.63) is 0 Å². The smallest absolute Gasteiger partial charge is 0.0358 e. The average molecular weight is 281 g/mol. The zero-order valence-electron chi connectivity index (χ0n) is 13.9. The Kier molecular flexibility index (Phi) is 5.88. The van der Waals surface area contributed by atoms with Gasteiger partial charge in [0, 0.05) is 37.3 Å². The van der Waals surface area contributed by atoms with Crippen LogP contribution in [-0.2, 0) is 0 Å². The topological polar surface area (TPSA) is 32.5 Å². The Balaban J connectivity index is 2.09. The summed E-state index contributed by atoms with van der Waals surface area (Å²) < 4.78 is 0. The fourth-order valence-corrected chi connectivity index (χ4v) is 4.29. The third kappa shape index (κ3) is 3.37. The highest BCUT2D eigenvalue weighted by Gasteiger charge is 2.41. The monoisotopic (exact) mass is 281 g/mol. The molecule has 0 aliphatic carbocycles. The zero-order chi connectivity index (χ0) is 14.6. The molecule has 2 aliphatic rings. The van der Waals surface area contributed by atoms with Crippen molar-refractivity contribution in [1.82, 2.24) is 9.80 Å². The van der Waals surface area contributed by atoms with Crippen LogP contribution in [0.1, 0.15) is 65.7 Å². The second-order valence-corrected chi connectivity index (χ2v) is 7.16. The Morgan fingerprint density at radius 1 is 1.10 bits per heavy atom. The lowest BCUT2D eigenvalue weighted by Gasteiger charge is -2.51. The molecule has 0 aromatic heterocycles. The predicted molar refractivity (Wildman–Crippen MR) is 87.0 cm³/mol. The average Bonchev–Trinajstić information content (AvgIpc) is 2.72. The van der Waals surface area contributed by atoms with Crippen molar-refractivity contribution >= 4 is 0 Å².